The minimum atomic E-state index is -0.367. The Morgan fingerprint density at radius 1 is 1.08 bits per heavy atom. The van der Waals surface area contributed by atoms with Gasteiger partial charge in [0.05, 0.1) is 18.6 Å². The van der Waals surface area contributed by atoms with E-state index in [0.29, 0.717) is 45.8 Å². The number of nitrogens with one attached hydrogen (secondary N) is 1. The van der Waals surface area contributed by atoms with Gasteiger partial charge in [-0.3, -0.25) is 19.1 Å². The molecular formula is C29H28N4O3S2. The van der Waals surface area contributed by atoms with Crippen molar-refractivity contribution in [1.29, 1.82) is 5.26 Å². The summed E-state index contributed by atoms with van der Waals surface area (Å²) >= 11 is 6.77. The van der Waals surface area contributed by atoms with E-state index in [0.717, 1.165) is 22.4 Å². The average Bonchev–Trinajstić information content (AvgIpc) is 3.18. The highest BCUT2D eigenvalue weighted by molar-refractivity contribution is 8.26. The van der Waals surface area contributed by atoms with Crippen molar-refractivity contribution in [2.24, 2.45) is 0 Å². The molecule has 1 fully saturated rings. The van der Waals surface area contributed by atoms with Crippen LogP contribution < -0.4 is 15.6 Å². The molecule has 3 aromatic rings. The van der Waals surface area contributed by atoms with Gasteiger partial charge in [-0.25, -0.2) is 0 Å². The number of anilines is 1. The van der Waals surface area contributed by atoms with E-state index in [1.807, 2.05) is 62.4 Å². The van der Waals surface area contributed by atoms with Crippen LogP contribution in [0.5, 0.6) is 5.75 Å². The first-order valence-electron chi connectivity index (χ1n) is 12.1. The number of carbonyl (C=O) groups excluding carboxylic acids is 1. The number of thioether (sulfide) groups is 1. The van der Waals surface area contributed by atoms with Crippen molar-refractivity contribution in [3.8, 4) is 11.8 Å². The molecule has 4 rings (SSSR count). The quantitative estimate of drug-likeness (QED) is 0.301. The van der Waals surface area contributed by atoms with Crippen LogP contribution in [0.15, 0.2) is 58.2 Å². The van der Waals surface area contributed by atoms with Gasteiger partial charge in [0.15, 0.2) is 0 Å². The number of hydrogen-bond donors (Lipinski definition) is 1. The molecule has 1 N–H and O–H groups in total. The van der Waals surface area contributed by atoms with Gasteiger partial charge < -0.3 is 10.1 Å². The Morgan fingerprint density at radius 2 is 1.74 bits per heavy atom. The maximum absolute atomic E-state index is 13.4. The number of nitriles is 1. The summed E-state index contributed by atoms with van der Waals surface area (Å²) in [6, 6.07) is 17.6. The number of amides is 1. The highest BCUT2D eigenvalue weighted by atomic mass is 32.2. The van der Waals surface area contributed by atoms with E-state index >= 15 is 0 Å². The Labute approximate surface area is 231 Å². The summed E-state index contributed by atoms with van der Waals surface area (Å²) < 4.78 is 7.24. The van der Waals surface area contributed by atoms with Crippen molar-refractivity contribution in [2.45, 2.75) is 40.4 Å². The van der Waals surface area contributed by atoms with Crippen molar-refractivity contribution in [3.63, 3.8) is 0 Å². The predicted molar refractivity (Wildman–Crippen MR) is 156 cm³/mol. The maximum Gasteiger partial charge on any atom is 0.270 e. The van der Waals surface area contributed by atoms with Gasteiger partial charge in [0.2, 0.25) is 0 Å². The first kappa shape index (κ1) is 27.2. The molecule has 2 heterocycles. The summed E-state index contributed by atoms with van der Waals surface area (Å²) in [5.74, 6) is 1.10. The van der Waals surface area contributed by atoms with Crippen molar-refractivity contribution >= 4 is 46.1 Å². The SMILES string of the molecule is CCn1c(NCc2ccc(OC)cc2)c(/C=C2/SC(=S)N(Cc3ccc(C)cc3)C2=O)c(C)c(C#N)c1=O. The molecule has 0 unspecified atom stereocenters. The lowest BCUT2D eigenvalue weighted by atomic mass is 10.0. The van der Waals surface area contributed by atoms with Gasteiger partial charge in [-0.1, -0.05) is 65.9 Å². The summed E-state index contributed by atoms with van der Waals surface area (Å²) in [5.41, 5.74) is 3.94. The second-order valence-electron chi connectivity index (χ2n) is 8.88. The molecule has 0 bridgehead atoms. The van der Waals surface area contributed by atoms with Crippen LogP contribution in [0.2, 0.25) is 0 Å². The zero-order valence-corrected chi connectivity index (χ0v) is 23.3. The lowest BCUT2D eigenvalue weighted by Crippen LogP contribution is -2.28. The molecule has 2 aromatic carbocycles. The van der Waals surface area contributed by atoms with Crippen LogP contribution in [0.4, 0.5) is 5.82 Å². The van der Waals surface area contributed by atoms with E-state index in [1.54, 1.807) is 25.0 Å². The van der Waals surface area contributed by atoms with Crippen LogP contribution in [0, 0.1) is 25.2 Å². The molecule has 1 aliphatic rings. The van der Waals surface area contributed by atoms with Crippen LogP contribution in [-0.2, 0) is 24.4 Å². The van der Waals surface area contributed by atoms with Gasteiger partial charge in [0.25, 0.3) is 11.5 Å². The number of carbonyl (C=O) groups is 1. The van der Waals surface area contributed by atoms with Crippen LogP contribution in [0.25, 0.3) is 6.08 Å². The minimum absolute atomic E-state index is 0.0585. The summed E-state index contributed by atoms with van der Waals surface area (Å²) in [6.45, 7) is 6.76. The average molecular weight is 545 g/mol. The number of nitrogens with zero attached hydrogens (tertiary/aromatic N) is 3. The van der Waals surface area contributed by atoms with Gasteiger partial charge in [-0.2, -0.15) is 5.26 Å². The smallest absolute Gasteiger partial charge is 0.270 e. The number of aromatic nitrogens is 1. The molecule has 1 aromatic heterocycles. The van der Waals surface area contributed by atoms with Crippen molar-refractivity contribution in [2.75, 3.05) is 12.4 Å². The summed E-state index contributed by atoms with van der Waals surface area (Å²) in [7, 11) is 1.61. The van der Waals surface area contributed by atoms with E-state index in [-0.39, 0.29) is 17.0 Å². The fraction of sp³-hybridized carbons (Fsp3) is 0.241. The molecule has 194 valence electrons. The lowest BCUT2D eigenvalue weighted by molar-refractivity contribution is -0.122. The third kappa shape index (κ3) is 5.52. The van der Waals surface area contributed by atoms with E-state index in [4.69, 9.17) is 17.0 Å². The van der Waals surface area contributed by atoms with Gasteiger partial charge in [0.1, 0.15) is 27.5 Å². The number of ether oxygens (including phenoxy) is 1. The normalized spacial score (nSPS) is 14.2. The molecule has 1 aliphatic heterocycles. The molecule has 0 radical (unpaired) electrons. The topological polar surface area (TPSA) is 87.4 Å². The van der Waals surface area contributed by atoms with Gasteiger partial charge in [0, 0.05) is 18.7 Å². The van der Waals surface area contributed by atoms with Gasteiger partial charge >= 0.3 is 0 Å². The monoisotopic (exact) mass is 544 g/mol. The highest BCUT2D eigenvalue weighted by Gasteiger charge is 2.33. The molecule has 0 saturated carbocycles. The third-order valence-corrected chi connectivity index (χ3v) is 7.80. The zero-order valence-electron chi connectivity index (χ0n) is 21.7. The number of benzene rings is 2. The fourth-order valence-corrected chi connectivity index (χ4v) is 5.46. The summed E-state index contributed by atoms with van der Waals surface area (Å²) in [6.07, 6.45) is 1.74. The zero-order chi connectivity index (χ0) is 27.4. The fourth-order valence-electron chi connectivity index (χ4n) is 4.23. The Hall–Kier alpha value is -3.87. The molecule has 1 saturated heterocycles. The number of hydrogen-bond acceptors (Lipinski definition) is 7. The van der Waals surface area contributed by atoms with Gasteiger partial charge in [-0.05, 0) is 55.7 Å². The van der Waals surface area contributed by atoms with Crippen LogP contribution in [0.3, 0.4) is 0 Å². The first-order valence-corrected chi connectivity index (χ1v) is 13.3. The number of rotatable bonds is 8. The second-order valence-corrected chi connectivity index (χ2v) is 10.6. The number of methoxy groups -OCH3 is 1. The van der Waals surface area contributed by atoms with E-state index < -0.39 is 0 Å². The second kappa shape index (κ2) is 11.7. The molecule has 38 heavy (non-hydrogen) atoms. The van der Waals surface area contributed by atoms with Crippen molar-refractivity contribution in [1.82, 2.24) is 9.47 Å². The molecule has 0 atom stereocenters. The largest absolute Gasteiger partial charge is 0.497 e. The molecule has 0 aliphatic carbocycles. The number of aryl methyl sites for hydroxylation is 1. The van der Waals surface area contributed by atoms with Crippen molar-refractivity contribution in [3.05, 3.63) is 97.2 Å². The van der Waals surface area contributed by atoms with Crippen LogP contribution in [0.1, 0.15) is 40.3 Å². The van der Waals surface area contributed by atoms with Crippen LogP contribution in [-0.4, -0.2) is 26.8 Å². The predicted octanol–water partition coefficient (Wildman–Crippen LogP) is 5.38. The van der Waals surface area contributed by atoms with E-state index in [2.05, 4.69) is 11.4 Å². The minimum Gasteiger partial charge on any atom is -0.497 e. The Morgan fingerprint density at radius 3 is 2.34 bits per heavy atom. The Balaban J connectivity index is 1.73. The number of thiocarbonyl (C=S) groups is 1. The molecule has 0 spiro atoms. The lowest BCUT2D eigenvalue weighted by Gasteiger charge is -2.19. The third-order valence-electron chi connectivity index (χ3n) is 6.42. The molecule has 1 amide bonds. The van der Waals surface area contributed by atoms with E-state index in [1.165, 1.54) is 16.3 Å². The molecule has 7 nitrogen and oxygen atoms in total. The Bertz CT molecular complexity index is 1520. The van der Waals surface area contributed by atoms with E-state index in [9.17, 15) is 14.9 Å². The summed E-state index contributed by atoms with van der Waals surface area (Å²) in [4.78, 5) is 28.6. The molecule has 9 heteroatoms. The first-order chi connectivity index (χ1) is 18.3. The maximum atomic E-state index is 13.4. The summed E-state index contributed by atoms with van der Waals surface area (Å²) in [5, 5.41) is 13.1. The number of pyridine rings is 1. The highest BCUT2D eigenvalue weighted by Crippen LogP contribution is 2.36. The Kier molecular flexibility index (Phi) is 8.35. The van der Waals surface area contributed by atoms with Crippen LogP contribution >= 0.6 is 24.0 Å². The molecular weight excluding hydrogens is 516 g/mol. The van der Waals surface area contributed by atoms with Gasteiger partial charge in [-0.15, -0.1) is 0 Å². The van der Waals surface area contributed by atoms with Crippen molar-refractivity contribution < 1.29 is 9.53 Å². The standard InChI is InChI=1S/C29H28N4O3S2/c1-5-32-26(31-16-20-10-12-22(36-4)13-11-20)23(19(3)24(15-30)27(32)34)14-25-28(35)33(29(37)38-25)17-21-8-6-18(2)7-9-21/h6-14,31H,5,16-17H2,1-4H3/b25-14+.